The van der Waals surface area contributed by atoms with Crippen molar-refractivity contribution in [3.05, 3.63) is 12.3 Å². The van der Waals surface area contributed by atoms with Gasteiger partial charge in [0.05, 0.1) is 17.4 Å². The van der Waals surface area contributed by atoms with Crippen LogP contribution in [0.3, 0.4) is 0 Å². The lowest BCUT2D eigenvalue weighted by Gasteiger charge is -1.93. The van der Waals surface area contributed by atoms with E-state index >= 15 is 0 Å². The summed E-state index contributed by atoms with van der Waals surface area (Å²) in [4.78, 5) is 3.94. The van der Waals surface area contributed by atoms with Gasteiger partial charge >= 0.3 is 0 Å². The molecule has 2 heterocycles. The summed E-state index contributed by atoms with van der Waals surface area (Å²) in [6.45, 7) is 0. The van der Waals surface area contributed by atoms with Gasteiger partial charge in [-0.2, -0.15) is 0 Å². The predicted molar refractivity (Wildman–Crippen MR) is 44.6 cm³/mol. The molecular weight excluding hydrogens is 156 g/mol. The molecule has 0 aliphatic carbocycles. The number of nitrogens with two attached hydrogens (primary N) is 1. The monoisotopic (exact) mass is 164 g/mol. The van der Waals surface area contributed by atoms with Crippen LogP contribution in [0, 0.1) is 0 Å². The lowest BCUT2D eigenvalue weighted by atomic mass is 10.3. The van der Waals surface area contributed by atoms with Gasteiger partial charge in [-0.25, -0.2) is 4.98 Å². The van der Waals surface area contributed by atoms with E-state index in [1.807, 2.05) is 0 Å². The summed E-state index contributed by atoms with van der Waals surface area (Å²) in [5.41, 5.74) is 7.29. The van der Waals surface area contributed by atoms with Gasteiger partial charge < -0.3 is 10.8 Å². The molecule has 2 aromatic heterocycles. The van der Waals surface area contributed by atoms with Gasteiger partial charge in [0.1, 0.15) is 0 Å². The van der Waals surface area contributed by atoms with Gasteiger partial charge in [-0.15, -0.1) is 5.10 Å². The van der Waals surface area contributed by atoms with Gasteiger partial charge in [0, 0.05) is 7.05 Å². The van der Waals surface area contributed by atoms with E-state index in [0.29, 0.717) is 11.2 Å². The van der Waals surface area contributed by atoms with E-state index < -0.39 is 0 Å². The maximum Gasteiger partial charge on any atom is 0.257 e. The molecule has 0 fully saturated rings. The van der Waals surface area contributed by atoms with E-state index in [0.717, 1.165) is 5.52 Å². The molecule has 0 aromatic carbocycles. The molecule has 12 heavy (non-hydrogen) atoms. The summed E-state index contributed by atoms with van der Waals surface area (Å²) in [5.74, 6) is -0.0625. The molecule has 0 spiro atoms. The second-order valence-electron chi connectivity index (χ2n) is 2.58. The molecule has 2 aromatic rings. The quantitative estimate of drug-likeness (QED) is 0.585. The molecule has 0 radical (unpaired) electrons. The van der Waals surface area contributed by atoms with Crippen LogP contribution in [0.4, 0.5) is 5.69 Å². The topological polar surface area (TPSA) is 77.0 Å². The normalized spacial score (nSPS) is 10.8. The molecule has 0 aliphatic rings. The summed E-state index contributed by atoms with van der Waals surface area (Å²) in [5, 5.41) is 13.0. The lowest BCUT2D eigenvalue weighted by molar-refractivity contribution is 0.448. The zero-order valence-electron chi connectivity index (χ0n) is 6.52. The third kappa shape index (κ3) is 0.795. The zero-order chi connectivity index (χ0) is 8.72. The standard InChI is InChI=1S/C7H8N4O/c1-11-5-2-4(8)3-9-6(5)7(12)10-11/h2-3H,8H2,1H3,(H,10,12). The number of nitrogens with zero attached hydrogens (tertiary/aromatic N) is 3. The number of rotatable bonds is 0. The van der Waals surface area contributed by atoms with E-state index in [1.54, 1.807) is 13.1 Å². The van der Waals surface area contributed by atoms with Crippen LogP contribution in [0.1, 0.15) is 0 Å². The largest absolute Gasteiger partial charge is 0.491 e. The highest BCUT2D eigenvalue weighted by molar-refractivity contribution is 5.82. The molecule has 5 nitrogen and oxygen atoms in total. The Hall–Kier alpha value is -1.78. The molecule has 2 rings (SSSR count). The molecule has 0 atom stereocenters. The van der Waals surface area contributed by atoms with Crippen molar-refractivity contribution < 1.29 is 5.11 Å². The van der Waals surface area contributed by atoms with Crippen molar-refractivity contribution in [2.45, 2.75) is 0 Å². The highest BCUT2D eigenvalue weighted by Gasteiger charge is 2.07. The Morgan fingerprint density at radius 1 is 1.58 bits per heavy atom. The van der Waals surface area contributed by atoms with Crippen LogP contribution in [-0.2, 0) is 7.05 Å². The fourth-order valence-corrected chi connectivity index (χ4v) is 1.13. The van der Waals surface area contributed by atoms with Crippen LogP contribution in [0.2, 0.25) is 0 Å². The van der Waals surface area contributed by atoms with E-state index in [1.165, 1.54) is 10.9 Å². The van der Waals surface area contributed by atoms with Gasteiger partial charge in [0.15, 0.2) is 5.52 Å². The second kappa shape index (κ2) is 2.10. The van der Waals surface area contributed by atoms with Crippen molar-refractivity contribution >= 4 is 16.7 Å². The maximum absolute atomic E-state index is 9.25. The number of anilines is 1. The third-order valence-corrected chi connectivity index (χ3v) is 1.69. The van der Waals surface area contributed by atoms with Gasteiger partial charge in [-0.3, -0.25) is 4.68 Å². The van der Waals surface area contributed by atoms with Crippen LogP contribution in [0.5, 0.6) is 5.88 Å². The molecular formula is C7H8N4O. The number of aromatic hydroxyl groups is 1. The molecule has 62 valence electrons. The Kier molecular flexibility index (Phi) is 1.21. The van der Waals surface area contributed by atoms with E-state index in [-0.39, 0.29) is 5.88 Å². The smallest absolute Gasteiger partial charge is 0.257 e. The van der Waals surface area contributed by atoms with Crippen molar-refractivity contribution in [2.24, 2.45) is 7.05 Å². The molecule has 0 aliphatic heterocycles. The average molecular weight is 164 g/mol. The minimum absolute atomic E-state index is 0.0625. The Balaban J connectivity index is 2.90. The maximum atomic E-state index is 9.25. The summed E-state index contributed by atoms with van der Waals surface area (Å²) in [6.07, 6.45) is 1.49. The molecule has 5 heteroatoms. The number of hydrogen-bond donors (Lipinski definition) is 2. The molecule has 0 bridgehead atoms. The Morgan fingerprint density at radius 2 is 2.33 bits per heavy atom. The van der Waals surface area contributed by atoms with E-state index in [9.17, 15) is 5.11 Å². The Morgan fingerprint density at radius 3 is 3.08 bits per heavy atom. The van der Waals surface area contributed by atoms with Crippen LogP contribution in [0.25, 0.3) is 11.0 Å². The zero-order valence-corrected chi connectivity index (χ0v) is 6.52. The summed E-state index contributed by atoms with van der Waals surface area (Å²) in [7, 11) is 1.73. The third-order valence-electron chi connectivity index (χ3n) is 1.69. The summed E-state index contributed by atoms with van der Waals surface area (Å²) >= 11 is 0. The van der Waals surface area contributed by atoms with Crippen LogP contribution >= 0.6 is 0 Å². The fourth-order valence-electron chi connectivity index (χ4n) is 1.13. The molecule has 0 unspecified atom stereocenters. The number of hydrogen-bond acceptors (Lipinski definition) is 4. The van der Waals surface area contributed by atoms with Gasteiger partial charge in [0.25, 0.3) is 5.88 Å². The SMILES string of the molecule is Cn1nc(O)c2ncc(N)cc21. The summed E-state index contributed by atoms with van der Waals surface area (Å²) < 4.78 is 1.54. The second-order valence-corrected chi connectivity index (χ2v) is 2.58. The first-order valence-corrected chi connectivity index (χ1v) is 3.45. The van der Waals surface area contributed by atoms with Crippen LogP contribution in [0.15, 0.2) is 12.3 Å². The van der Waals surface area contributed by atoms with Crippen molar-refractivity contribution in [3.8, 4) is 5.88 Å². The van der Waals surface area contributed by atoms with Crippen molar-refractivity contribution in [1.82, 2.24) is 14.8 Å². The molecule has 0 saturated carbocycles. The first-order valence-electron chi connectivity index (χ1n) is 3.45. The first-order chi connectivity index (χ1) is 5.68. The highest BCUT2D eigenvalue weighted by Crippen LogP contribution is 2.21. The molecule has 0 saturated heterocycles. The van der Waals surface area contributed by atoms with Gasteiger partial charge in [-0.1, -0.05) is 0 Å². The first kappa shape index (κ1) is 6.90. The van der Waals surface area contributed by atoms with Crippen LogP contribution in [-0.4, -0.2) is 19.9 Å². The van der Waals surface area contributed by atoms with Crippen molar-refractivity contribution in [3.63, 3.8) is 0 Å². The average Bonchev–Trinajstić information content (AvgIpc) is 2.28. The minimum atomic E-state index is -0.0625. The van der Waals surface area contributed by atoms with E-state index in [4.69, 9.17) is 5.73 Å². The van der Waals surface area contributed by atoms with Crippen molar-refractivity contribution in [2.75, 3.05) is 5.73 Å². The molecule has 0 amide bonds. The number of nitrogen functional groups attached to an aromatic ring is 1. The number of pyridine rings is 1. The number of aromatic nitrogens is 3. The number of aryl methyl sites for hydroxylation is 1. The Labute approximate surface area is 68.4 Å². The van der Waals surface area contributed by atoms with Gasteiger partial charge in [0.2, 0.25) is 0 Å². The minimum Gasteiger partial charge on any atom is -0.491 e. The molecule has 3 N–H and O–H groups in total. The highest BCUT2D eigenvalue weighted by atomic mass is 16.3. The summed E-state index contributed by atoms with van der Waals surface area (Å²) in [6, 6.07) is 1.72. The lowest BCUT2D eigenvalue weighted by Crippen LogP contribution is -1.91. The Bertz CT molecular complexity index is 434. The number of fused-ring (bicyclic) bond motifs is 1. The fraction of sp³-hybridized carbons (Fsp3) is 0.143. The van der Waals surface area contributed by atoms with Crippen LogP contribution < -0.4 is 5.73 Å². The van der Waals surface area contributed by atoms with E-state index in [2.05, 4.69) is 10.1 Å². The van der Waals surface area contributed by atoms with Crippen molar-refractivity contribution in [1.29, 1.82) is 0 Å². The van der Waals surface area contributed by atoms with Gasteiger partial charge in [-0.05, 0) is 6.07 Å². The predicted octanol–water partition coefficient (Wildman–Crippen LogP) is 0.256.